The quantitative estimate of drug-likeness (QED) is 0.732. The number of rotatable bonds is 5. The maximum Gasteiger partial charge on any atom is 0.227 e. The summed E-state index contributed by atoms with van der Waals surface area (Å²) >= 11 is 0. The number of hydrogen-bond acceptors (Lipinski definition) is 6. The van der Waals surface area contributed by atoms with Gasteiger partial charge in [-0.2, -0.15) is 10.1 Å². The minimum Gasteiger partial charge on any atom is -0.343 e. The maximum atomic E-state index is 12.6. The van der Waals surface area contributed by atoms with Gasteiger partial charge in [0.2, 0.25) is 12.3 Å². The van der Waals surface area contributed by atoms with E-state index in [2.05, 4.69) is 25.5 Å². The van der Waals surface area contributed by atoms with Gasteiger partial charge in [-0.3, -0.25) is 9.69 Å². The Morgan fingerprint density at radius 1 is 1.21 bits per heavy atom. The third-order valence-electron chi connectivity index (χ3n) is 5.12. The Kier molecular flexibility index (Phi) is 5.21. The van der Waals surface area contributed by atoms with Crippen LogP contribution < -0.4 is 5.32 Å². The molecular formula is C20H24N6O2. The van der Waals surface area contributed by atoms with Crippen molar-refractivity contribution in [2.45, 2.75) is 33.2 Å². The highest BCUT2D eigenvalue weighted by Gasteiger charge is 2.25. The number of hydrogen-bond donors (Lipinski definition) is 1. The van der Waals surface area contributed by atoms with E-state index in [1.165, 1.54) is 6.39 Å². The molecule has 0 atom stereocenters. The molecule has 0 aliphatic carbocycles. The van der Waals surface area contributed by atoms with Crippen LogP contribution >= 0.6 is 0 Å². The fourth-order valence-corrected chi connectivity index (χ4v) is 3.64. The van der Waals surface area contributed by atoms with Crippen LogP contribution in [0.1, 0.15) is 30.1 Å². The first-order valence-electron chi connectivity index (χ1n) is 9.50. The summed E-state index contributed by atoms with van der Waals surface area (Å²) in [5.41, 5.74) is 3.87. The minimum absolute atomic E-state index is 0.0252. The molecule has 0 unspecified atom stereocenters. The summed E-state index contributed by atoms with van der Waals surface area (Å²) in [6.45, 7) is 6.37. The van der Waals surface area contributed by atoms with Crippen LogP contribution in [-0.2, 0) is 11.3 Å². The molecular weight excluding hydrogens is 356 g/mol. The molecule has 3 aromatic rings. The number of nitrogens with one attached hydrogen (secondary N) is 1. The molecule has 8 nitrogen and oxygen atoms in total. The van der Waals surface area contributed by atoms with E-state index in [9.17, 15) is 4.79 Å². The molecule has 28 heavy (non-hydrogen) atoms. The van der Waals surface area contributed by atoms with Gasteiger partial charge in [0.15, 0.2) is 5.82 Å². The summed E-state index contributed by atoms with van der Waals surface area (Å²) in [5, 5.41) is 11.4. The number of carbonyl (C=O) groups excluding carboxylic acids is 1. The first kappa shape index (κ1) is 18.4. The Labute approximate surface area is 163 Å². The van der Waals surface area contributed by atoms with Crippen LogP contribution in [0, 0.1) is 19.8 Å². The number of amides is 1. The average molecular weight is 380 g/mol. The summed E-state index contributed by atoms with van der Waals surface area (Å²) in [7, 11) is 0. The first-order valence-corrected chi connectivity index (χ1v) is 9.50. The maximum absolute atomic E-state index is 12.6. The Morgan fingerprint density at radius 3 is 2.57 bits per heavy atom. The van der Waals surface area contributed by atoms with Crippen molar-refractivity contribution in [1.82, 2.24) is 24.8 Å². The molecule has 146 valence electrons. The van der Waals surface area contributed by atoms with Crippen molar-refractivity contribution in [2.24, 2.45) is 5.92 Å². The fraction of sp³-hybridized carbons (Fsp3) is 0.400. The molecule has 1 amide bonds. The Balaban J connectivity index is 1.31. The second-order valence-corrected chi connectivity index (χ2v) is 7.27. The SMILES string of the molecule is Cc1cc(C)n(-c2ccc(NC(=O)C3CCN(Cc4ncon4)CC3)cc2)n1. The third kappa shape index (κ3) is 4.12. The summed E-state index contributed by atoms with van der Waals surface area (Å²) in [6.07, 6.45) is 3.00. The van der Waals surface area contributed by atoms with Crippen LogP contribution in [0.15, 0.2) is 41.2 Å². The second kappa shape index (κ2) is 7.93. The number of carbonyl (C=O) groups is 1. The molecule has 1 saturated heterocycles. The molecule has 0 radical (unpaired) electrons. The van der Waals surface area contributed by atoms with Gasteiger partial charge in [-0.05, 0) is 70.1 Å². The monoisotopic (exact) mass is 380 g/mol. The number of nitrogens with zero attached hydrogens (tertiary/aromatic N) is 5. The van der Waals surface area contributed by atoms with E-state index < -0.39 is 0 Å². The van der Waals surface area contributed by atoms with Gasteiger partial charge in [-0.1, -0.05) is 5.16 Å². The minimum atomic E-state index is 0.0252. The lowest BCUT2D eigenvalue weighted by Gasteiger charge is -2.30. The number of anilines is 1. The molecule has 3 heterocycles. The van der Waals surface area contributed by atoms with Gasteiger partial charge >= 0.3 is 0 Å². The molecule has 1 aromatic carbocycles. The van der Waals surface area contributed by atoms with Crippen LogP contribution in [0.3, 0.4) is 0 Å². The molecule has 0 bridgehead atoms. The summed E-state index contributed by atoms with van der Waals surface area (Å²) in [5.74, 6) is 0.792. The van der Waals surface area contributed by atoms with E-state index in [0.29, 0.717) is 12.4 Å². The van der Waals surface area contributed by atoms with Crippen LogP contribution in [0.5, 0.6) is 0 Å². The van der Waals surface area contributed by atoms with Crippen molar-refractivity contribution < 1.29 is 9.32 Å². The fourth-order valence-electron chi connectivity index (χ4n) is 3.64. The first-order chi connectivity index (χ1) is 13.6. The zero-order valence-corrected chi connectivity index (χ0v) is 16.1. The summed E-state index contributed by atoms with van der Waals surface area (Å²) < 4.78 is 6.67. The number of piperidine rings is 1. The molecule has 4 rings (SSSR count). The highest BCUT2D eigenvalue weighted by Crippen LogP contribution is 2.21. The van der Waals surface area contributed by atoms with Crippen LogP contribution in [-0.4, -0.2) is 43.8 Å². The molecule has 2 aromatic heterocycles. The molecule has 1 N–H and O–H groups in total. The van der Waals surface area contributed by atoms with E-state index in [0.717, 1.165) is 48.7 Å². The highest BCUT2D eigenvalue weighted by molar-refractivity contribution is 5.92. The van der Waals surface area contributed by atoms with E-state index in [1.807, 2.05) is 48.9 Å². The van der Waals surface area contributed by atoms with E-state index in [1.54, 1.807) is 0 Å². The Hall–Kier alpha value is -3.00. The molecule has 0 spiro atoms. The van der Waals surface area contributed by atoms with Gasteiger partial charge in [0.05, 0.1) is 17.9 Å². The molecule has 8 heteroatoms. The summed E-state index contributed by atoms with van der Waals surface area (Å²) in [4.78, 5) is 18.9. The lowest BCUT2D eigenvalue weighted by Crippen LogP contribution is -2.38. The molecule has 1 aliphatic rings. The van der Waals surface area contributed by atoms with Gasteiger partial charge in [0.25, 0.3) is 0 Å². The van der Waals surface area contributed by atoms with Crippen LogP contribution in [0.2, 0.25) is 0 Å². The van der Waals surface area contributed by atoms with Crippen molar-refractivity contribution in [3.8, 4) is 5.69 Å². The third-order valence-corrected chi connectivity index (χ3v) is 5.12. The van der Waals surface area contributed by atoms with Crippen molar-refractivity contribution >= 4 is 11.6 Å². The Morgan fingerprint density at radius 2 is 1.96 bits per heavy atom. The number of aromatic nitrogens is 4. The van der Waals surface area contributed by atoms with Gasteiger partial charge in [0.1, 0.15) is 0 Å². The van der Waals surface area contributed by atoms with Gasteiger partial charge < -0.3 is 9.84 Å². The molecule has 1 fully saturated rings. The van der Waals surface area contributed by atoms with Gasteiger partial charge in [-0.25, -0.2) is 4.68 Å². The number of benzene rings is 1. The largest absolute Gasteiger partial charge is 0.343 e. The number of likely N-dealkylation sites (tertiary alicyclic amines) is 1. The standard InChI is InChI=1S/C20H24N6O2/c1-14-11-15(2)26(23-14)18-5-3-17(4-6-18)22-20(27)16-7-9-25(10-8-16)12-19-21-13-28-24-19/h3-6,11,13,16H,7-10,12H2,1-2H3,(H,22,27). The average Bonchev–Trinajstić information content (AvgIpc) is 3.32. The normalized spacial score (nSPS) is 15.6. The highest BCUT2D eigenvalue weighted by atomic mass is 16.5. The van der Waals surface area contributed by atoms with Crippen LogP contribution in [0.25, 0.3) is 5.69 Å². The lowest BCUT2D eigenvalue weighted by molar-refractivity contribution is -0.121. The summed E-state index contributed by atoms with van der Waals surface area (Å²) in [6, 6.07) is 9.84. The smallest absolute Gasteiger partial charge is 0.227 e. The van der Waals surface area contributed by atoms with Crippen molar-refractivity contribution in [3.63, 3.8) is 0 Å². The number of aryl methyl sites for hydroxylation is 2. The predicted molar refractivity (Wildman–Crippen MR) is 104 cm³/mol. The second-order valence-electron chi connectivity index (χ2n) is 7.27. The topological polar surface area (TPSA) is 89.1 Å². The Bertz CT molecular complexity index is 924. The van der Waals surface area contributed by atoms with Gasteiger partial charge in [-0.15, -0.1) is 0 Å². The van der Waals surface area contributed by atoms with Crippen molar-refractivity contribution in [1.29, 1.82) is 0 Å². The zero-order valence-electron chi connectivity index (χ0n) is 16.1. The van der Waals surface area contributed by atoms with Crippen molar-refractivity contribution in [3.05, 3.63) is 53.9 Å². The lowest BCUT2D eigenvalue weighted by atomic mass is 9.96. The molecule has 1 aliphatic heterocycles. The van der Waals surface area contributed by atoms with Crippen molar-refractivity contribution in [2.75, 3.05) is 18.4 Å². The molecule has 0 saturated carbocycles. The van der Waals surface area contributed by atoms with E-state index in [-0.39, 0.29) is 11.8 Å². The van der Waals surface area contributed by atoms with E-state index >= 15 is 0 Å². The van der Waals surface area contributed by atoms with Gasteiger partial charge in [0, 0.05) is 17.3 Å². The zero-order chi connectivity index (χ0) is 19.5. The predicted octanol–water partition coefficient (Wildman–Crippen LogP) is 2.72. The van der Waals surface area contributed by atoms with Crippen LogP contribution in [0.4, 0.5) is 5.69 Å². The van der Waals surface area contributed by atoms with E-state index in [4.69, 9.17) is 4.52 Å².